The maximum Gasteiger partial charge on any atom is 0.387 e. The number of rotatable bonds is 5. The van der Waals surface area contributed by atoms with E-state index in [4.69, 9.17) is 0 Å². The number of carbonyl (C=O) groups is 1. The molecule has 31 heavy (non-hydrogen) atoms. The molecule has 11 heteroatoms. The Morgan fingerprint density at radius 3 is 2.29 bits per heavy atom. The Morgan fingerprint density at radius 2 is 1.71 bits per heavy atom. The summed E-state index contributed by atoms with van der Waals surface area (Å²) < 4.78 is 60.3. The highest BCUT2D eigenvalue weighted by Crippen LogP contribution is 2.35. The minimum atomic E-state index is -3.22. The normalized spacial score (nSPS) is 15.6. The number of hydrogen-bond donors (Lipinski definition) is 0. The molecule has 2 aromatic carbocycles. The molecule has 0 bridgehead atoms. The molecule has 1 heterocycles. The predicted octanol–water partition coefficient (Wildman–Crippen LogP) is 5.49. The molecule has 0 saturated heterocycles. The van der Waals surface area contributed by atoms with Crippen LogP contribution in [-0.2, 0) is 6.42 Å². The summed E-state index contributed by atoms with van der Waals surface area (Å²) in [5, 5.41) is 5.44. The van der Waals surface area contributed by atoms with Crippen LogP contribution in [0.15, 0.2) is 46.0 Å². The van der Waals surface area contributed by atoms with Gasteiger partial charge in [-0.3, -0.25) is 4.90 Å². The molecular formula is C20H18BrF4N3O3. The number of amides is 2. The van der Waals surface area contributed by atoms with E-state index in [1.807, 2.05) is 0 Å². The van der Waals surface area contributed by atoms with Crippen molar-refractivity contribution in [1.29, 1.82) is 0 Å². The summed E-state index contributed by atoms with van der Waals surface area (Å²) in [5.41, 5.74) is 1.48. The van der Waals surface area contributed by atoms with Gasteiger partial charge in [-0.05, 0) is 55.3 Å². The zero-order valence-corrected chi connectivity index (χ0v) is 18.0. The third kappa shape index (κ3) is 5.46. The van der Waals surface area contributed by atoms with Gasteiger partial charge in [0.15, 0.2) is 11.5 Å². The summed E-state index contributed by atoms with van der Waals surface area (Å²) in [6, 6.07) is 8.56. The SMILES string of the molecule is CC1Cc2cc(OC(F)F)c(OC(F)F)cc2C=NN1C(=O)N(C)c1ccc(Br)cc1. The number of alkyl halides is 4. The van der Waals surface area contributed by atoms with Crippen LogP contribution in [0.25, 0.3) is 0 Å². The standard InChI is InChI=1S/C20H18BrF4N3O3/c1-11-7-12-8-16(30-18(22)23)17(31-19(24)25)9-13(12)10-26-28(11)20(29)27(2)15-5-3-14(21)4-6-15/h3-6,8-11,18-19H,7H2,1-2H3. The first-order chi connectivity index (χ1) is 14.7. The Kier molecular flexibility index (Phi) is 7.04. The molecule has 0 aromatic heterocycles. The van der Waals surface area contributed by atoms with E-state index in [0.29, 0.717) is 16.8 Å². The van der Waals surface area contributed by atoms with Gasteiger partial charge in [0, 0.05) is 22.8 Å². The molecule has 0 N–H and O–H groups in total. The van der Waals surface area contributed by atoms with Crippen LogP contribution in [0.3, 0.4) is 0 Å². The monoisotopic (exact) mass is 503 g/mol. The Hall–Kier alpha value is -2.82. The minimum Gasteiger partial charge on any atom is -0.431 e. The van der Waals surface area contributed by atoms with E-state index < -0.39 is 36.8 Å². The number of anilines is 1. The van der Waals surface area contributed by atoms with Crippen LogP contribution in [0.5, 0.6) is 11.5 Å². The van der Waals surface area contributed by atoms with Crippen molar-refractivity contribution in [3.05, 3.63) is 52.0 Å². The van der Waals surface area contributed by atoms with Crippen molar-refractivity contribution in [2.24, 2.45) is 5.10 Å². The van der Waals surface area contributed by atoms with Gasteiger partial charge in [-0.15, -0.1) is 0 Å². The molecule has 0 radical (unpaired) electrons. The van der Waals surface area contributed by atoms with Crippen molar-refractivity contribution < 1.29 is 31.8 Å². The summed E-state index contributed by atoms with van der Waals surface area (Å²) in [6.07, 6.45) is 1.53. The molecule has 0 aliphatic carbocycles. The second kappa shape index (κ2) is 9.54. The second-order valence-corrected chi connectivity index (χ2v) is 7.63. The van der Waals surface area contributed by atoms with E-state index in [1.165, 1.54) is 22.2 Å². The number of ether oxygens (including phenoxy) is 2. The summed E-state index contributed by atoms with van der Waals surface area (Å²) in [5.74, 6) is -1.05. The Bertz CT molecular complexity index is 973. The van der Waals surface area contributed by atoms with Crippen LogP contribution in [-0.4, -0.2) is 43.6 Å². The van der Waals surface area contributed by atoms with Crippen molar-refractivity contribution in [3.63, 3.8) is 0 Å². The molecule has 0 fully saturated rings. The number of carbonyl (C=O) groups excluding carboxylic acids is 1. The molecular weight excluding hydrogens is 486 g/mol. The fraction of sp³-hybridized carbons (Fsp3) is 0.300. The molecule has 0 saturated carbocycles. The lowest BCUT2D eigenvalue weighted by Crippen LogP contribution is -2.43. The van der Waals surface area contributed by atoms with Crippen molar-refractivity contribution >= 4 is 33.9 Å². The van der Waals surface area contributed by atoms with Crippen molar-refractivity contribution in [2.45, 2.75) is 32.6 Å². The van der Waals surface area contributed by atoms with Crippen molar-refractivity contribution in [1.82, 2.24) is 5.01 Å². The fourth-order valence-corrected chi connectivity index (χ4v) is 3.36. The lowest BCUT2D eigenvalue weighted by Gasteiger charge is -2.28. The number of fused-ring (bicyclic) bond motifs is 1. The molecule has 166 valence electrons. The number of benzene rings is 2. The smallest absolute Gasteiger partial charge is 0.387 e. The summed E-state index contributed by atoms with van der Waals surface area (Å²) in [4.78, 5) is 14.4. The third-order valence-corrected chi connectivity index (χ3v) is 5.12. The van der Waals surface area contributed by atoms with Crippen LogP contribution in [0.4, 0.5) is 28.0 Å². The maximum atomic E-state index is 13.0. The van der Waals surface area contributed by atoms with E-state index in [1.54, 1.807) is 38.2 Å². The van der Waals surface area contributed by atoms with Crippen LogP contribution in [0.1, 0.15) is 18.1 Å². The molecule has 2 amide bonds. The molecule has 6 nitrogen and oxygen atoms in total. The Morgan fingerprint density at radius 1 is 1.13 bits per heavy atom. The maximum absolute atomic E-state index is 13.0. The van der Waals surface area contributed by atoms with Gasteiger partial charge in [-0.25, -0.2) is 9.80 Å². The van der Waals surface area contributed by atoms with Crippen LogP contribution >= 0.6 is 15.9 Å². The lowest BCUT2D eigenvalue weighted by atomic mass is 10.0. The van der Waals surface area contributed by atoms with Gasteiger partial charge < -0.3 is 9.47 Å². The number of hydrazone groups is 1. The topological polar surface area (TPSA) is 54.4 Å². The van der Waals surface area contributed by atoms with Crippen LogP contribution < -0.4 is 14.4 Å². The summed E-state index contributed by atoms with van der Waals surface area (Å²) in [6.45, 7) is -4.71. The first-order valence-corrected chi connectivity index (χ1v) is 9.88. The Balaban J connectivity index is 1.89. The molecule has 2 aromatic rings. The lowest BCUT2D eigenvalue weighted by molar-refractivity contribution is -0.0692. The average molecular weight is 504 g/mol. The number of hydrogen-bond acceptors (Lipinski definition) is 4. The highest BCUT2D eigenvalue weighted by Gasteiger charge is 2.28. The molecule has 3 rings (SSSR count). The number of nitrogens with zero attached hydrogens (tertiary/aromatic N) is 3. The highest BCUT2D eigenvalue weighted by molar-refractivity contribution is 9.10. The van der Waals surface area contributed by atoms with Gasteiger partial charge in [0.05, 0.1) is 12.3 Å². The molecule has 1 aliphatic rings. The molecule has 1 aliphatic heterocycles. The van der Waals surface area contributed by atoms with Gasteiger partial charge in [0.2, 0.25) is 0 Å². The fourth-order valence-electron chi connectivity index (χ4n) is 3.10. The van der Waals surface area contributed by atoms with E-state index in [9.17, 15) is 22.4 Å². The van der Waals surface area contributed by atoms with Gasteiger partial charge >= 0.3 is 19.3 Å². The van der Waals surface area contributed by atoms with Crippen molar-refractivity contribution in [3.8, 4) is 11.5 Å². The predicted molar refractivity (Wildman–Crippen MR) is 110 cm³/mol. The van der Waals surface area contributed by atoms with E-state index in [2.05, 4.69) is 30.5 Å². The first-order valence-electron chi connectivity index (χ1n) is 9.08. The van der Waals surface area contributed by atoms with E-state index in [-0.39, 0.29) is 6.42 Å². The summed E-state index contributed by atoms with van der Waals surface area (Å²) >= 11 is 3.33. The molecule has 1 unspecified atom stereocenters. The Labute approximate surface area is 184 Å². The minimum absolute atomic E-state index is 0.226. The zero-order chi connectivity index (χ0) is 22.7. The van der Waals surface area contributed by atoms with E-state index >= 15 is 0 Å². The molecule has 0 spiro atoms. The van der Waals surface area contributed by atoms with Gasteiger partial charge in [-0.1, -0.05) is 15.9 Å². The van der Waals surface area contributed by atoms with Gasteiger partial charge in [0.1, 0.15) is 0 Å². The molecule has 1 atom stereocenters. The van der Waals surface area contributed by atoms with Crippen LogP contribution in [0.2, 0.25) is 0 Å². The quantitative estimate of drug-likeness (QED) is 0.507. The summed E-state index contributed by atoms with van der Waals surface area (Å²) in [7, 11) is 1.59. The number of halogens is 5. The van der Waals surface area contributed by atoms with E-state index in [0.717, 1.165) is 10.5 Å². The van der Waals surface area contributed by atoms with Crippen molar-refractivity contribution in [2.75, 3.05) is 11.9 Å². The first kappa shape index (κ1) is 22.9. The number of urea groups is 1. The zero-order valence-electron chi connectivity index (χ0n) is 16.4. The third-order valence-electron chi connectivity index (χ3n) is 4.59. The van der Waals surface area contributed by atoms with Gasteiger partial charge in [-0.2, -0.15) is 22.7 Å². The van der Waals surface area contributed by atoms with Crippen LogP contribution in [0, 0.1) is 0 Å². The second-order valence-electron chi connectivity index (χ2n) is 6.72. The largest absolute Gasteiger partial charge is 0.431 e. The average Bonchev–Trinajstić information content (AvgIpc) is 2.85. The highest BCUT2D eigenvalue weighted by atomic mass is 79.9. The van der Waals surface area contributed by atoms with Gasteiger partial charge in [0.25, 0.3) is 0 Å².